The maximum atomic E-state index is 13.4. The molecule has 8 nitrogen and oxygen atoms in total. The van der Waals surface area contributed by atoms with E-state index >= 15 is 0 Å². The Kier molecular flexibility index (Phi) is 4.14. The van der Waals surface area contributed by atoms with Crippen LogP contribution in [0, 0.1) is 0 Å². The number of amides is 2. The van der Waals surface area contributed by atoms with Crippen molar-refractivity contribution >= 4 is 39.4 Å². The van der Waals surface area contributed by atoms with E-state index in [-0.39, 0.29) is 11.8 Å². The zero-order valence-corrected chi connectivity index (χ0v) is 18.8. The molecule has 0 saturated carbocycles. The number of rotatable bonds is 2. The SMILES string of the molecule is O=C(c1n[nH]c2cc(-c3cnc4[nH]ccc4c3)ccc12)N1CCC2(CC1)C(=O)Nc1ccccc12. The Morgan fingerprint density at radius 3 is 2.74 bits per heavy atom. The second-order valence-corrected chi connectivity index (χ2v) is 9.35. The summed E-state index contributed by atoms with van der Waals surface area (Å²) in [4.78, 5) is 35.7. The summed E-state index contributed by atoms with van der Waals surface area (Å²) in [5, 5.41) is 12.3. The van der Waals surface area contributed by atoms with E-state index in [1.165, 1.54) is 0 Å². The topological polar surface area (TPSA) is 107 Å². The molecule has 1 saturated heterocycles. The largest absolute Gasteiger partial charge is 0.346 e. The molecule has 0 atom stereocenters. The summed E-state index contributed by atoms with van der Waals surface area (Å²) in [6, 6.07) is 17.9. The lowest BCUT2D eigenvalue weighted by atomic mass is 9.73. The summed E-state index contributed by atoms with van der Waals surface area (Å²) in [5.74, 6) is -0.0724. The van der Waals surface area contributed by atoms with Gasteiger partial charge in [-0.3, -0.25) is 14.7 Å². The summed E-state index contributed by atoms with van der Waals surface area (Å²) in [7, 11) is 0. The van der Waals surface area contributed by atoms with Crippen molar-refractivity contribution in [3.63, 3.8) is 0 Å². The molecule has 0 unspecified atom stereocenters. The van der Waals surface area contributed by atoms with Crippen LogP contribution in [0.5, 0.6) is 0 Å². The van der Waals surface area contributed by atoms with Gasteiger partial charge < -0.3 is 15.2 Å². The average molecular weight is 463 g/mol. The number of carbonyl (C=O) groups excluding carboxylic acids is 2. The molecule has 2 aromatic carbocycles. The van der Waals surface area contributed by atoms with Gasteiger partial charge >= 0.3 is 0 Å². The molecule has 35 heavy (non-hydrogen) atoms. The number of aromatic amines is 2. The van der Waals surface area contributed by atoms with Crippen molar-refractivity contribution in [3.05, 3.63) is 78.2 Å². The Morgan fingerprint density at radius 1 is 1.00 bits per heavy atom. The molecule has 8 heteroatoms. The smallest absolute Gasteiger partial charge is 0.274 e. The minimum Gasteiger partial charge on any atom is -0.346 e. The normalized spacial score (nSPS) is 16.7. The second kappa shape index (κ2) is 7.27. The molecule has 2 amide bonds. The Hall–Kier alpha value is -4.46. The molecule has 3 N–H and O–H groups in total. The third-order valence-electron chi connectivity index (χ3n) is 7.53. The van der Waals surface area contributed by atoms with Crippen molar-refractivity contribution in [2.75, 3.05) is 18.4 Å². The highest BCUT2D eigenvalue weighted by atomic mass is 16.2. The molecule has 2 aliphatic heterocycles. The maximum Gasteiger partial charge on any atom is 0.274 e. The predicted octanol–water partition coefficient (Wildman–Crippen LogP) is 4.23. The number of likely N-dealkylation sites (tertiary alicyclic amines) is 1. The third-order valence-corrected chi connectivity index (χ3v) is 7.53. The van der Waals surface area contributed by atoms with Crippen molar-refractivity contribution < 1.29 is 9.59 Å². The van der Waals surface area contributed by atoms with Crippen LogP contribution < -0.4 is 5.32 Å². The van der Waals surface area contributed by atoms with Crippen LogP contribution in [0.4, 0.5) is 5.69 Å². The zero-order chi connectivity index (χ0) is 23.6. The van der Waals surface area contributed by atoms with Gasteiger partial charge in [0.25, 0.3) is 5.91 Å². The quantitative estimate of drug-likeness (QED) is 0.365. The summed E-state index contributed by atoms with van der Waals surface area (Å²) >= 11 is 0. The number of hydrogen-bond donors (Lipinski definition) is 3. The maximum absolute atomic E-state index is 13.4. The Bertz CT molecular complexity index is 1640. The first-order valence-corrected chi connectivity index (χ1v) is 11.7. The fourth-order valence-corrected chi connectivity index (χ4v) is 5.57. The van der Waals surface area contributed by atoms with Crippen LogP contribution in [0.2, 0.25) is 0 Å². The van der Waals surface area contributed by atoms with Gasteiger partial charge in [0.15, 0.2) is 5.69 Å². The van der Waals surface area contributed by atoms with E-state index in [0.717, 1.165) is 44.3 Å². The summed E-state index contributed by atoms with van der Waals surface area (Å²) in [6.07, 6.45) is 4.91. The van der Waals surface area contributed by atoms with E-state index in [2.05, 4.69) is 31.5 Å². The molecule has 1 spiro atoms. The van der Waals surface area contributed by atoms with Gasteiger partial charge in [0.1, 0.15) is 5.65 Å². The van der Waals surface area contributed by atoms with Gasteiger partial charge in [-0.1, -0.05) is 24.3 Å². The number of aromatic nitrogens is 4. The highest BCUT2D eigenvalue weighted by Crippen LogP contribution is 2.45. The van der Waals surface area contributed by atoms with Gasteiger partial charge in [-0.2, -0.15) is 5.10 Å². The third kappa shape index (κ3) is 2.92. The molecule has 5 aromatic rings. The molecule has 2 aliphatic rings. The number of nitrogens with zero attached hydrogens (tertiary/aromatic N) is 3. The van der Waals surface area contributed by atoms with E-state index in [1.807, 2.05) is 65.8 Å². The minimum atomic E-state index is -0.551. The van der Waals surface area contributed by atoms with Gasteiger partial charge in [-0.25, -0.2) is 4.98 Å². The van der Waals surface area contributed by atoms with Gasteiger partial charge in [0.2, 0.25) is 5.91 Å². The summed E-state index contributed by atoms with van der Waals surface area (Å²) in [6.45, 7) is 1.02. The number of para-hydroxylation sites is 1. The number of carbonyl (C=O) groups is 2. The number of fused-ring (bicyclic) bond motifs is 4. The molecular formula is C27H22N6O2. The lowest BCUT2D eigenvalue weighted by molar-refractivity contribution is -0.122. The number of benzene rings is 2. The molecular weight excluding hydrogens is 440 g/mol. The minimum absolute atomic E-state index is 0.0378. The molecule has 5 heterocycles. The number of hydrogen-bond acceptors (Lipinski definition) is 4. The fourth-order valence-electron chi connectivity index (χ4n) is 5.57. The summed E-state index contributed by atoms with van der Waals surface area (Å²) < 4.78 is 0. The van der Waals surface area contributed by atoms with Crippen LogP contribution in [0.15, 0.2) is 67.0 Å². The first kappa shape index (κ1) is 20.0. The fraction of sp³-hybridized carbons (Fsp3) is 0.185. The van der Waals surface area contributed by atoms with Crippen molar-refractivity contribution in [2.24, 2.45) is 0 Å². The lowest BCUT2D eigenvalue weighted by Gasteiger charge is -2.37. The van der Waals surface area contributed by atoms with E-state index in [4.69, 9.17) is 0 Å². The van der Waals surface area contributed by atoms with Crippen LogP contribution in [-0.2, 0) is 10.2 Å². The van der Waals surface area contributed by atoms with Gasteiger partial charge in [0, 0.05) is 47.5 Å². The highest BCUT2D eigenvalue weighted by Gasteiger charge is 2.48. The highest BCUT2D eigenvalue weighted by molar-refractivity contribution is 6.07. The monoisotopic (exact) mass is 462 g/mol. The molecule has 0 bridgehead atoms. The zero-order valence-electron chi connectivity index (χ0n) is 18.8. The molecule has 7 rings (SSSR count). The molecule has 0 radical (unpaired) electrons. The molecule has 3 aromatic heterocycles. The number of H-pyrrole nitrogens is 2. The number of nitrogens with one attached hydrogen (secondary N) is 3. The van der Waals surface area contributed by atoms with Crippen LogP contribution in [0.3, 0.4) is 0 Å². The van der Waals surface area contributed by atoms with Crippen LogP contribution in [-0.4, -0.2) is 50.0 Å². The van der Waals surface area contributed by atoms with E-state index in [1.54, 1.807) is 0 Å². The van der Waals surface area contributed by atoms with E-state index < -0.39 is 5.41 Å². The van der Waals surface area contributed by atoms with E-state index in [0.29, 0.717) is 31.6 Å². The predicted molar refractivity (Wildman–Crippen MR) is 133 cm³/mol. The average Bonchev–Trinajstić information content (AvgIpc) is 3.60. The first-order chi connectivity index (χ1) is 17.1. The lowest BCUT2D eigenvalue weighted by Crippen LogP contribution is -2.48. The van der Waals surface area contributed by atoms with Crippen LogP contribution >= 0.6 is 0 Å². The molecule has 1 fully saturated rings. The van der Waals surface area contributed by atoms with Crippen LogP contribution in [0.1, 0.15) is 28.9 Å². The Morgan fingerprint density at radius 2 is 1.86 bits per heavy atom. The summed E-state index contributed by atoms with van der Waals surface area (Å²) in [5.41, 5.74) is 5.45. The Labute approximate surface area is 200 Å². The van der Waals surface area contributed by atoms with Crippen LogP contribution in [0.25, 0.3) is 33.1 Å². The van der Waals surface area contributed by atoms with E-state index in [9.17, 15) is 9.59 Å². The van der Waals surface area contributed by atoms with Crippen molar-refractivity contribution in [1.82, 2.24) is 25.1 Å². The Balaban J connectivity index is 1.14. The molecule has 172 valence electrons. The van der Waals surface area contributed by atoms with Crippen molar-refractivity contribution in [3.8, 4) is 11.1 Å². The second-order valence-electron chi connectivity index (χ2n) is 9.35. The van der Waals surface area contributed by atoms with Gasteiger partial charge in [-0.15, -0.1) is 0 Å². The van der Waals surface area contributed by atoms with Crippen molar-refractivity contribution in [1.29, 1.82) is 0 Å². The van der Waals surface area contributed by atoms with Crippen molar-refractivity contribution in [2.45, 2.75) is 18.3 Å². The van der Waals surface area contributed by atoms with Gasteiger partial charge in [0.05, 0.1) is 10.9 Å². The number of anilines is 1. The number of piperidine rings is 1. The first-order valence-electron chi connectivity index (χ1n) is 11.7. The van der Waals surface area contributed by atoms with Gasteiger partial charge in [-0.05, 0) is 54.3 Å². The standard InChI is InChI=1S/C27H22N6O2/c34-25(33-11-8-27(9-12-33)20-3-1-2-4-21(20)30-26(27)35)23-19-6-5-16(14-22(19)31-32-23)18-13-17-7-10-28-24(17)29-15-18/h1-7,10,13-15H,8-9,11-12H2,(H,28,29)(H,30,35)(H,31,32). The number of pyridine rings is 1. The molecule has 0 aliphatic carbocycles.